The van der Waals surface area contributed by atoms with Gasteiger partial charge in [-0.1, -0.05) is 144 Å². The zero-order valence-corrected chi connectivity index (χ0v) is 36.9. The summed E-state index contributed by atoms with van der Waals surface area (Å²) in [7, 11) is 0. The Labute approximate surface area is 356 Å². The van der Waals surface area contributed by atoms with Crippen molar-refractivity contribution >= 4 is 126 Å². The van der Waals surface area contributed by atoms with E-state index in [1.165, 1.54) is 9.80 Å². The van der Waals surface area contributed by atoms with Gasteiger partial charge in [0.05, 0.1) is 28.1 Å². The van der Waals surface area contributed by atoms with E-state index in [9.17, 15) is 19.2 Å². The molecule has 0 N–H and O–H groups in total. The van der Waals surface area contributed by atoms with Crippen molar-refractivity contribution < 1.29 is 19.2 Å². The fourth-order valence-corrected chi connectivity index (χ4v) is 11.5. The van der Waals surface area contributed by atoms with Crippen LogP contribution in [0.1, 0.15) is 117 Å². The first kappa shape index (κ1) is 38.1. The zero-order chi connectivity index (χ0) is 40.0. The standard InChI is InChI=1S/C48H39Br3N2O4/c1-5-11-24-15-9-16-25(12-6-2)43(24)52-45(54)29-20-19-28-38-33(49)21-31-37-32(48(57)53(47(31)56)44-26(13-7-3)17-10-18-27(44)14-8-4)23-35(51)41(42(37)38)40-34(50)22-30(46(52)55)36(29)39(28)40/h9-10,15-23H,5-8,11-14H2,1-4H3. The lowest BCUT2D eigenvalue weighted by molar-refractivity contribution is 0.0877. The van der Waals surface area contributed by atoms with Gasteiger partial charge in [0.25, 0.3) is 23.6 Å². The van der Waals surface area contributed by atoms with Crippen LogP contribution < -0.4 is 9.80 Å². The predicted octanol–water partition coefficient (Wildman–Crippen LogP) is 13.4. The third kappa shape index (κ3) is 5.44. The number of hydrogen-bond acceptors (Lipinski definition) is 4. The van der Waals surface area contributed by atoms with Crippen molar-refractivity contribution in [3.05, 3.63) is 125 Å². The Morgan fingerprint density at radius 2 is 0.754 bits per heavy atom. The molecule has 286 valence electrons. The van der Waals surface area contributed by atoms with Crippen LogP contribution >= 0.6 is 47.8 Å². The van der Waals surface area contributed by atoms with Gasteiger partial charge in [0.2, 0.25) is 0 Å². The largest absolute Gasteiger partial charge is 0.268 e. The highest BCUT2D eigenvalue weighted by Gasteiger charge is 2.41. The third-order valence-corrected chi connectivity index (χ3v) is 13.6. The van der Waals surface area contributed by atoms with Crippen molar-refractivity contribution in [1.82, 2.24) is 0 Å². The van der Waals surface area contributed by atoms with Crippen molar-refractivity contribution in [2.45, 2.75) is 79.1 Å². The molecule has 7 aromatic carbocycles. The van der Waals surface area contributed by atoms with Crippen molar-refractivity contribution in [1.29, 1.82) is 0 Å². The first-order valence-corrected chi connectivity index (χ1v) is 22.2. The van der Waals surface area contributed by atoms with E-state index >= 15 is 0 Å². The summed E-state index contributed by atoms with van der Waals surface area (Å²) in [5.41, 5.74) is 7.11. The second-order valence-electron chi connectivity index (χ2n) is 15.2. The SMILES string of the molecule is CCCc1cccc(CCC)c1N1C(=O)c2ccc3c4c(Br)cc5c6c(cc(Br)c(c7c(Br)cc(c2c37)C1=O)c64)C(=O)N(c1c(CCC)cccc1CCC)C5=O. The summed E-state index contributed by atoms with van der Waals surface area (Å²) >= 11 is 11.7. The minimum atomic E-state index is -0.355. The van der Waals surface area contributed by atoms with E-state index in [4.69, 9.17) is 0 Å². The summed E-state index contributed by atoms with van der Waals surface area (Å²) in [5.74, 6) is -1.41. The maximum Gasteiger partial charge on any atom is 0.266 e. The third-order valence-electron chi connectivity index (χ3n) is 11.7. The van der Waals surface area contributed by atoms with Gasteiger partial charge in [0.15, 0.2) is 0 Å². The molecule has 0 unspecified atom stereocenters. The topological polar surface area (TPSA) is 74.8 Å². The van der Waals surface area contributed by atoms with Crippen LogP contribution in [0.4, 0.5) is 11.4 Å². The number of nitrogens with zero attached hydrogens (tertiary/aromatic N) is 2. The smallest absolute Gasteiger partial charge is 0.266 e. The summed E-state index contributed by atoms with van der Waals surface area (Å²) in [6.45, 7) is 8.41. The first-order chi connectivity index (χ1) is 27.6. The summed E-state index contributed by atoms with van der Waals surface area (Å²) in [4.78, 5) is 62.2. The predicted molar refractivity (Wildman–Crippen MR) is 242 cm³/mol. The molecule has 57 heavy (non-hydrogen) atoms. The molecular formula is C48H39Br3N2O4. The number of para-hydroxylation sites is 2. The van der Waals surface area contributed by atoms with Crippen LogP contribution in [0.25, 0.3) is 43.1 Å². The number of benzene rings is 7. The highest BCUT2D eigenvalue weighted by atomic mass is 79.9. The Bertz CT molecular complexity index is 2860. The summed E-state index contributed by atoms with van der Waals surface area (Å²) < 4.78 is 2.04. The lowest BCUT2D eigenvalue weighted by Crippen LogP contribution is -2.42. The lowest BCUT2D eigenvalue weighted by Gasteiger charge is -2.33. The number of carbonyl (C=O) groups is 4. The van der Waals surface area contributed by atoms with Crippen molar-refractivity contribution in [3.63, 3.8) is 0 Å². The Balaban J connectivity index is 1.33. The van der Waals surface area contributed by atoms with Gasteiger partial charge in [-0.25, -0.2) is 9.80 Å². The van der Waals surface area contributed by atoms with E-state index in [-0.39, 0.29) is 23.6 Å². The van der Waals surface area contributed by atoms with E-state index in [1.807, 2.05) is 66.7 Å². The van der Waals surface area contributed by atoms with Crippen LogP contribution in [-0.2, 0) is 25.7 Å². The molecular weight excluding hydrogens is 908 g/mol. The van der Waals surface area contributed by atoms with Crippen molar-refractivity contribution in [2.24, 2.45) is 0 Å². The Morgan fingerprint density at radius 1 is 0.404 bits per heavy atom. The number of rotatable bonds is 10. The molecule has 0 radical (unpaired) electrons. The molecule has 9 rings (SSSR count). The molecule has 0 saturated carbocycles. The van der Waals surface area contributed by atoms with Crippen LogP contribution in [0.5, 0.6) is 0 Å². The highest BCUT2D eigenvalue weighted by molar-refractivity contribution is 9.11. The van der Waals surface area contributed by atoms with Crippen molar-refractivity contribution in [2.75, 3.05) is 9.80 Å². The quantitative estimate of drug-likeness (QED) is 0.0778. The van der Waals surface area contributed by atoms with Crippen LogP contribution in [0.3, 0.4) is 0 Å². The molecule has 0 aliphatic carbocycles. The minimum Gasteiger partial charge on any atom is -0.268 e. The second kappa shape index (κ2) is 14.4. The molecule has 7 aromatic rings. The van der Waals surface area contributed by atoms with Gasteiger partial charge in [-0.05, 0) is 77.6 Å². The summed E-state index contributed by atoms with van der Waals surface area (Å²) in [6, 6.07) is 21.4. The van der Waals surface area contributed by atoms with E-state index in [1.54, 1.807) is 0 Å². The minimum absolute atomic E-state index is 0.343. The highest BCUT2D eigenvalue weighted by Crippen LogP contribution is 2.53. The molecule has 2 heterocycles. The molecule has 0 fully saturated rings. The number of fused-ring (bicyclic) bond motifs is 2. The summed E-state index contributed by atoms with van der Waals surface area (Å²) in [5, 5.41) is 5.97. The molecule has 2 aliphatic heterocycles. The molecule has 6 nitrogen and oxygen atoms in total. The fraction of sp³-hybridized carbons (Fsp3) is 0.250. The molecule has 0 aromatic heterocycles. The Hall–Kier alpha value is -4.44. The van der Waals surface area contributed by atoms with Crippen LogP contribution in [0.15, 0.2) is 80.1 Å². The molecule has 4 amide bonds. The van der Waals surface area contributed by atoms with E-state index in [0.29, 0.717) is 57.8 Å². The fourth-order valence-electron chi connectivity index (χ4n) is 9.57. The number of amides is 4. The molecule has 0 saturated heterocycles. The number of imide groups is 2. The van der Waals surface area contributed by atoms with Crippen molar-refractivity contribution in [3.8, 4) is 0 Å². The number of anilines is 2. The number of carbonyl (C=O) groups excluding carboxylic acids is 4. The van der Waals surface area contributed by atoms with Crippen LogP contribution in [0.2, 0.25) is 0 Å². The average Bonchev–Trinajstić information content (AvgIpc) is 3.19. The first-order valence-electron chi connectivity index (χ1n) is 19.8. The van der Waals surface area contributed by atoms with Gasteiger partial charge >= 0.3 is 0 Å². The monoisotopic (exact) mass is 944 g/mol. The molecule has 9 heteroatoms. The molecule has 2 aliphatic rings. The maximum absolute atomic E-state index is 14.9. The Kier molecular flexibility index (Phi) is 9.65. The number of aryl methyl sites for hydroxylation is 4. The maximum atomic E-state index is 14.9. The van der Waals surface area contributed by atoms with Gasteiger partial charge in [-0.3, -0.25) is 19.2 Å². The normalized spacial score (nSPS) is 14.2. The van der Waals surface area contributed by atoms with Gasteiger partial charge in [0.1, 0.15) is 0 Å². The zero-order valence-electron chi connectivity index (χ0n) is 32.2. The second-order valence-corrected chi connectivity index (χ2v) is 17.8. The van der Waals surface area contributed by atoms with Gasteiger partial charge < -0.3 is 0 Å². The average molecular weight is 948 g/mol. The van der Waals surface area contributed by atoms with Gasteiger partial charge in [0, 0.05) is 56.7 Å². The Morgan fingerprint density at radius 3 is 1.16 bits per heavy atom. The lowest BCUT2D eigenvalue weighted by atomic mass is 9.81. The van der Waals surface area contributed by atoms with Gasteiger partial charge in [-0.15, -0.1) is 0 Å². The summed E-state index contributed by atoms with van der Waals surface area (Å²) in [6.07, 6.45) is 6.47. The molecule has 0 bridgehead atoms. The van der Waals surface area contributed by atoms with Gasteiger partial charge in [-0.2, -0.15) is 0 Å². The van der Waals surface area contributed by atoms with E-state index in [0.717, 1.165) is 106 Å². The van der Waals surface area contributed by atoms with Crippen LogP contribution in [0, 0.1) is 0 Å². The number of hydrogen-bond donors (Lipinski definition) is 0. The molecule has 0 atom stereocenters. The molecule has 0 spiro atoms. The van der Waals surface area contributed by atoms with E-state index < -0.39 is 0 Å². The van der Waals surface area contributed by atoms with E-state index in [2.05, 4.69) is 75.5 Å². The number of halogens is 3. The van der Waals surface area contributed by atoms with Crippen LogP contribution in [-0.4, -0.2) is 23.6 Å².